The Morgan fingerprint density at radius 3 is 2.68 bits per heavy atom. The molecule has 1 N–H and O–H groups in total. The van der Waals surface area contributed by atoms with Crippen molar-refractivity contribution in [1.82, 2.24) is 20.1 Å². The molecular formula is C19H17Cl3N4O2. The molecule has 0 aliphatic carbocycles. The van der Waals surface area contributed by atoms with Crippen LogP contribution in [0.3, 0.4) is 0 Å². The Morgan fingerprint density at radius 2 is 1.96 bits per heavy atom. The molecule has 0 bridgehead atoms. The minimum absolute atomic E-state index is 0.0402. The predicted molar refractivity (Wildman–Crippen MR) is 111 cm³/mol. The standard InChI is InChI=1S/C19H17Cl3N4O2/c1-28-9-3-8-23-19(27)17-24-18(12-4-2-5-13(20)10-12)26(25-17)14-6-7-15(21)16(22)11-14/h2,4-7,10-11H,3,8-9H2,1H3,(H,23,27). The summed E-state index contributed by atoms with van der Waals surface area (Å²) in [4.78, 5) is 16.9. The van der Waals surface area contributed by atoms with E-state index in [-0.39, 0.29) is 11.7 Å². The van der Waals surface area contributed by atoms with Crippen LogP contribution in [-0.4, -0.2) is 40.9 Å². The van der Waals surface area contributed by atoms with Gasteiger partial charge in [0.2, 0.25) is 5.82 Å². The highest BCUT2D eigenvalue weighted by molar-refractivity contribution is 6.42. The van der Waals surface area contributed by atoms with Gasteiger partial charge in [0, 0.05) is 30.8 Å². The van der Waals surface area contributed by atoms with Crippen molar-refractivity contribution < 1.29 is 9.53 Å². The van der Waals surface area contributed by atoms with Crippen molar-refractivity contribution in [3.8, 4) is 17.1 Å². The minimum Gasteiger partial charge on any atom is -0.385 e. The van der Waals surface area contributed by atoms with Crippen LogP contribution in [0.15, 0.2) is 42.5 Å². The maximum absolute atomic E-state index is 12.5. The average Bonchev–Trinajstić information content (AvgIpc) is 3.13. The van der Waals surface area contributed by atoms with Gasteiger partial charge in [-0.3, -0.25) is 4.79 Å². The summed E-state index contributed by atoms with van der Waals surface area (Å²) in [5.74, 6) is 0.125. The monoisotopic (exact) mass is 438 g/mol. The SMILES string of the molecule is COCCCNC(=O)c1nc(-c2cccc(Cl)c2)n(-c2ccc(Cl)c(Cl)c2)n1. The van der Waals surface area contributed by atoms with Gasteiger partial charge in [-0.25, -0.2) is 9.67 Å². The average molecular weight is 440 g/mol. The third kappa shape index (κ3) is 4.83. The molecule has 0 unspecified atom stereocenters. The van der Waals surface area contributed by atoms with Crippen LogP contribution >= 0.6 is 34.8 Å². The maximum atomic E-state index is 12.5. The van der Waals surface area contributed by atoms with Crippen molar-refractivity contribution in [3.05, 3.63) is 63.4 Å². The van der Waals surface area contributed by atoms with Gasteiger partial charge >= 0.3 is 0 Å². The summed E-state index contributed by atoms with van der Waals surface area (Å²) in [5, 5.41) is 8.49. The zero-order valence-electron chi connectivity index (χ0n) is 15.0. The summed E-state index contributed by atoms with van der Waals surface area (Å²) < 4.78 is 6.52. The summed E-state index contributed by atoms with van der Waals surface area (Å²) in [6.07, 6.45) is 0.691. The van der Waals surface area contributed by atoms with Crippen molar-refractivity contribution in [1.29, 1.82) is 0 Å². The molecule has 1 amide bonds. The number of ether oxygens (including phenoxy) is 1. The van der Waals surface area contributed by atoms with E-state index < -0.39 is 0 Å². The van der Waals surface area contributed by atoms with E-state index in [9.17, 15) is 4.79 Å². The van der Waals surface area contributed by atoms with Crippen molar-refractivity contribution >= 4 is 40.7 Å². The first-order valence-electron chi connectivity index (χ1n) is 8.45. The Labute approximate surface area is 177 Å². The number of aromatic nitrogens is 3. The van der Waals surface area contributed by atoms with E-state index in [4.69, 9.17) is 39.5 Å². The van der Waals surface area contributed by atoms with Gasteiger partial charge in [0.15, 0.2) is 5.82 Å². The van der Waals surface area contributed by atoms with E-state index in [0.717, 1.165) is 0 Å². The molecule has 2 aromatic carbocycles. The Morgan fingerprint density at radius 1 is 1.14 bits per heavy atom. The lowest BCUT2D eigenvalue weighted by atomic mass is 10.2. The maximum Gasteiger partial charge on any atom is 0.290 e. The molecule has 1 aromatic heterocycles. The number of nitrogens with zero attached hydrogens (tertiary/aromatic N) is 3. The Bertz CT molecular complexity index is 991. The van der Waals surface area contributed by atoms with Crippen LogP contribution in [0, 0.1) is 0 Å². The molecule has 0 saturated heterocycles. The van der Waals surface area contributed by atoms with Crippen molar-refractivity contribution in [2.24, 2.45) is 0 Å². The highest BCUT2D eigenvalue weighted by Crippen LogP contribution is 2.28. The molecular weight excluding hydrogens is 423 g/mol. The normalized spacial score (nSPS) is 10.9. The van der Waals surface area contributed by atoms with Gasteiger partial charge in [-0.2, -0.15) is 0 Å². The number of hydrogen-bond acceptors (Lipinski definition) is 4. The number of methoxy groups -OCH3 is 1. The second-order valence-electron chi connectivity index (χ2n) is 5.88. The number of hydrogen-bond donors (Lipinski definition) is 1. The van der Waals surface area contributed by atoms with Crippen LogP contribution in [0.25, 0.3) is 17.1 Å². The Hall–Kier alpha value is -2.12. The van der Waals surface area contributed by atoms with E-state index in [1.807, 2.05) is 6.07 Å². The molecule has 28 heavy (non-hydrogen) atoms. The topological polar surface area (TPSA) is 69.0 Å². The lowest BCUT2D eigenvalue weighted by molar-refractivity contribution is 0.0938. The number of nitrogens with one attached hydrogen (secondary N) is 1. The molecule has 3 rings (SSSR count). The molecule has 0 aliphatic heterocycles. The number of carbonyl (C=O) groups is 1. The summed E-state index contributed by atoms with van der Waals surface area (Å²) >= 11 is 18.3. The third-order valence-corrected chi connectivity index (χ3v) is 4.83. The first-order valence-corrected chi connectivity index (χ1v) is 9.58. The quantitative estimate of drug-likeness (QED) is 0.544. The van der Waals surface area contributed by atoms with Gasteiger partial charge in [-0.1, -0.05) is 46.9 Å². The first-order chi connectivity index (χ1) is 13.5. The van der Waals surface area contributed by atoms with Gasteiger partial charge in [0.25, 0.3) is 5.91 Å². The van der Waals surface area contributed by atoms with Crippen LogP contribution < -0.4 is 5.32 Å². The highest BCUT2D eigenvalue weighted by atomic mass is 35.5. The summed E-state index contributed by atoms with van der Waals surface area (Å²) in [5.41, 5.74) is 1.33. The third-order valence-electron chi connectivity index (χ3n) is 3.85. The summed E-state index contributed by atoms with van der Waals surface area (Å²) in [7, 11) is 1.61. The van der Waals surface area contributed by atoms with Gasteiger partial charge in [-0.05, 0) is 36.8 Å². The smallest absolute Gasteiger partial charge is 0.290 e. The molecule has 0 atom stereocenters. The molecule has 9 heteroatoms. The molecule has 0 radical (unpaired) electrons. The van der Waals surface area contributed by atoms with E-state index in [1.54, 1.807) is 43.5 Å². The number of halogens is 3. The minimum atomic E-state index is -0.377. The zero-order chi connectivity index (χ0) is 20.1. The zero-order valence-corrected chi connectivity index (χ0v) is 17.2. The largest absolute Gasteiger partial charge is 0.385 e. The fourth-order valence-electron chi connectivity index (χ4n) is 2.52. The van der Waals surface area contributed by atoms with Gasteiger partial charge in [0.05, 0.1) is 15.7 Å². The molecule has 0 spiro atoms. The van der Waals surface area contributed by atoms with E-state index in [1.165, 1.54) is 4.68 Å². The van der Waals surface area contributed by atoms with Crippen molar-refractivity contribution in [3.63, 3.8) is 0 Å². The first kappa shape index (κ1) is 20.6. The van der Waals surface area contributed by atoms with Gasteiger partial charge in [0.1, 0.15) is 0 Å². The lowest BCUT2D eigenvalue weighted by Gasteiger charge is -2.07. The molecule has 0 saturated carbocycles. The van der Waals surface area contributed by atoms with Crippen molar-refractivity contribution in [2.75, 3.05) is 20.3 Å². The predicted octanol–water partition coefficient (Wildman–Crippen LogP) is 4.66. The molecule has 0 fully saturated rings. The van der Waals surface area contributed by atoms with E-state index >= 15 is 0 Å². The van der Waals surface area contributed by atoms with Crippen LogP contribution in [0.2, 0.25) is 15.1 Å². The highest BCUT2D eigenvalue weighted by Gasteiger charge is 2.19. The molecule has 6 nitrogen and oxygen atoms in total. The number of benzene rings is 2. The molecule has 0 aliphatic rings. The molecule has 146 valence electrons. The van der Waals surface area contributed by atoms with E-state index in [0.29, 0.717) is 51.7 Å². The second-order valence-corrected chi connectivity index (χ2v) is 7.13. The lowest BCUT2D eigenvalue weighted by Crippen LogP contribution is -2.26. The Balaban J connectivity index is 2.00. The number of carbonyl (C=O) groups excluding carboxylic acids is 1. The second kappa shape index (κ2) is 9.39. The van der Waals surface area contributed by atoms with Crippen LogP contribution in [-0.2, 0) is 4.74 Å². The van der Waals surface area contributed by atoms with Crippen LogP contribution in [0.1, 0.15) is 17.0 Å². The molecule has 3 aromatic rings. The number of amides is 1. The van der Waals surface area contributed by atoms with Crippen LogP contribution in [0.4, 0.5) is 0 Å². The fourth-order valence-corrected chi connectivity index (χ4v) is 3.00. The Kier molecular flexibility index (Phi) is 6.91. The van der Waals surface area contributed by atoms with E-state index in [2.05, 4.69) is 15.4 Å². The number of rotatable bonds is 7. The summed E-state index contributed by atoms with van der Waals surface area (Å²) in [6.45, 7) is 1.01. The molecule has 1 heterocycles. The fraction of sp³-hybridized carbons (Fsp3) is 0.211. The van der Waals surface area contributed by atoms with Crippen LogP contribution in [0.5, 0.6) is 0 Å². The van der Waals surface area contributed by atoms with Crippen molar-refractivity contribution in [2.45, 2.75) is 6.42 Å². The van der Waals surface area contributed by atoms with Gasteiger partial charge < -0.3 is 10.1 Å². The van der Waals surface area contributed by atoms with Gasteiger partial charge in [-0.15, -0.1) is 5.10 Å². The summed E-state index contributed by atoms with van der Waals surface area (Å²) in [6, 6.07) is 12.2.